The molecule has 1 aromatic heterocycles. The van der Waals surface area contributed by atoms with Crippen molar-refractivity contribution < 1.29 is 9.21 Å². The van der Waals surface area contributed by atoms with E-state index in [1.54, 1.807) is 0 Å². The van der Waals surface area contributed by atoms with Crippen LogP contribution in [0.3, 0.4) is 0 Å². The van der Waals surface area contributed by atoms with E-state index in [-0.39, 0.29) is 11.3 Å². The normalized spacial score (nSPS) is 11.6. The van der Waals surface area contributed by atoms with E-state index in [0.29, 0.717) is 6.54 Å². The van der Waals surface area contributed by atoms with E-state index in [1.165, 1.54) is 0 Å². The Morgan fingerprint density at radius 2 is 2.06 bits per heavy atom. The van der Waals surface area contributed by atoms with Gasteiger partial charge in [-0.25, -0.2) is 4.98 Å². The number of nitrogens with one attached hydrogen (secondary N) is 1. The molecular formula is C13H22N2O2. The third-order valence-electron chi connectivity index (χ3n) is 2.49. The van der Waals surface area contributed by atoms with Crippen molar-refractivity contribution in [2.45, 2.75) is 54.0 Å². The minimum Gasteiger partial charge on any atom is -0.444 e. The van der Waals surface area contributed by atoms with Gasteiger partial charge < -0.3 is 9.73 Å². The highest BCUT2D eigenvalue weighted by Gasteiger charge is 2.21. The molecule has 1 amide bonds. The predicted molar refractivity (Wildman–Crippen MR) is 66.5 cm³/mol. The van der Waals surface area contributed by atoms with E-state index < -0.39 is 0 Å². The molecule has 0 unspecified atom stereocenters. The summed E-state index contributed by atoms with van der Waals surface area (Å²) < 4.78 is 5.59. The van der Waals surface area contributed by atoms with Crippen LogP contribution >= 0.6 is 0 Å². The molecular weight excluding hydrogens is 216 g/mol. The van der Waals surface area contributed by atoms with Crippen molar-refractivity contribution in [2.75, 3.05) is 0 Å². The van der Waals surface area contributed by atoms with Crippen LogP contribution in [-0.2, 0) is 17.8 Å². The molecule has 1 rings (SSSR count). The summed E-state index contributed by atoms with van der Waals surface area (Å²) >= 11 is 0. The van der Waals surface area contributed by atoms with Crippen molar-refractivity contribution in [1.29, 1.82) is 0 Å². The summed E-state index contributed by atoms with van der Waals surface area (Å²) in [5.41, 5.74) is 0.489. The van der Waals surface area contributed by atoms with E-state index in [0.717, 1.165) is 30.2 Å². The minimum atomic E-state index is -0.375. The number of oxazole rings is 1. The maximum atomic E-state index is 11.7. The third kappa shape index (κ3) is 3.88. The van der Waals surface area contributed by atoms with Crippen molar-refractivity contribution in [3.8, 4) is 0 Å². The summed E-state index contributed by atoms with van der Waals surface area (Å²) in [5.74, 6) is 1.53. The minimum absolute atomic E-state index is 0.0188. The molecule has 0 radical (unpaired) electrons. The third-order valence-corrected chi connectivity index (χ3v) is 2.49. The number of rotatable bonds is 4. The Kier molecular flexibility index (Phi) is 4.32. The summed E-state index contributed by atoms with van der Waals surface area (Å²) in [7, 11) is 0. The van der Waals surface area contributed by atoms with Crippen LogP contribution in [0.1, 0.15) is 51.5 Å². The molecule has 0 saturated heterocycles. The monoisotopic (exact) mass is 238 g/mol. The van der Waals surface area contributed by atoms with Crippen molar-refractivity contribution in [1.82, 2.24) is 10.3 Å². The topological polar surface area (TPSA) is 55.1 Å². The summed E-state index contributed by atoms with van der Waals surface area (Å²) in [6, 6.07) is 0. The van der Waals surface area contributed by atoms with Crippen LogP contribution in [-0.4, -0.2) is 10.9 Å². The summed E-state index contributed by atoms with van der Waals surface area (Å²) in [6.45, 7) is 10.1. The second kappa shape index (κ2) is 5.34. The number of carbonyl (C=O) groups is 1. The lowest BCUT2D eigenvalue weighted by atomic mass is 9.96. The van der Waals surface area contributed by atoms with Gasteiger partial charge in [0.15, 0.2) is 5.89 Å². The number of carbonyl (C=O) groups excluding carboxylic acids is 1. The molecule has 0 aliphatic heterocycles. The zero-order valence-corrected chi connectivity index (χ0v) is 11.4. The highest BCUT2D eigenvalue weighted by molar-refractivity contribution is 5.81. The van der Waals surface area contributed by atoms with Crippen LogP contribution < -0.4 is 5.32 Å². The van der Waals surface area contributed by atoms with Gasteiger partial charge in [-0.15, -0.1) is 0 Å². The lowest BCUT2D eigenvalue weighted by Crippen LogP contribution is -2.34. The van der Waals surface area contributed by atoms with Gasteiger partial charge in [-0.2, -0.15) is 0 Å². The molecule has 4 nitrogen and oxygen atoms in total. The van der Waals surface area contributed by atoms with Crippen molar-refractivity contribution in [3.63, 3.8) is 0 Å². The number of nitrogens with zero attached hydrogens (tertiary/aromatic N) is 1. The van der Waals surface area contributed by atoms with E-state index in [4.69, 9.17) is 4.42 Å². The lowest BCUT2D eigenvalue weighted by molar-refractivity contribution is -0.128. The molecule has 0 spiro atoms. The van der Waals surface area contributed by atoms with Crippen molar-refractivity contribution >= 4 is 5.91 Å². The second-order valence-corrected chi connectivity index (χ2v) is 5.30. The van der Waals surface area contributed by atoms with Gasteiger partial charge in [0.05, 0.1) is 12.2 Å². The molecule has 4 heteroatoms. The van der Waals surface area contributed by atoms with Gasteiger partial charge >= 0.3 is 0 Å². The second-order valence-electron chi connectivity index (χ2n) is 5.30. The largest absolute Gasteiger partial charge is 0.444 e. The zero-order valence-electron chi connectivity index (χ0n) is 11.4. The summed E-state index contributed by atoms with van der Waals surface area (Å²) in [5, 5.41) is 2.86. The number of hydrogen-bond donors (Lipinski definition) is 1. The van der Waals surface area contributed by atoms with Gasteiger partial charge in [-0.1, -0.05) is 27.7 Å². The van der Waals surface area contributed by atoms with Gasteiger partial charge in [-0.3, -0.25) is 4.79 Å². The zero-order chi connectivity index (χ0) is 13.1. The Morgan fingerprint density at radius 3 is 2.59 bits per heavy atom. The summed E-state index contributed by atoms with van der Waals surface area (Å²) in [6.07, 6.45) is 1.85. The molecule has 0 fully saturated rings. The van der Waals surface area contributed by atoms with Crippen LogP contribution in [0.25, 0.3) is 0 Å². The van der Waals surface area contributed by atoms with E-state index >= 15 is 0 Å². The van der Waals surface area contributed by atoms with Crippen LogP contribution in [0.5, 0.6) is 0 Å². The molecule has 0 bridgehead atoms. The first-order valence-electron chi connectivity index (χ1n) is 6.08. The standard InChI is InChI=1S/C13H22N2O2/c1-6-7-11-15-9(2)10(17-11)8-14-12(16)13(3,4)5/h6-8H2,1-5H3,(H,14,16). The molecule has 1 aromatic rings. The highest BCUT2D eigenvalue weighted by atomic mass is 16.4. The Balaban J connectivity index is 2.60. The number of aryl methyl sites for hydroxylation is 2. The van der Waals surface area contributed by atoms with Gasteiger partial charge in [0.2, 0.25) is 5.91 Å². The molecule has 0 aromatic carbocycles. The Hall–Kier alpha value is -1.32. The molecule has 96 valence electrons. The van der Waals surface area contributed by atoms with Gasteiger partial charge in [0.1, 0.15) is 5.76 Å². The van der Waals surface area contributed by atoms with E-state index in [2.05, 4.69) is 17.2 Å². The molecule has 0 atom stereocenters. The van der Waals surface area contributed by atoms with Crippen molar-refractivity contribution in [2.24, 2.45) is 5.41 Å². The Morgan fingerprint density at radius 1 is 1.41 bits per heavy atom. The van der Waals surface area contributed by atoms with Gasteiger partial charge in [0.25, 0.3) is 0 Å². The Bertz CT molecular complexity index is 389. The fourth-order valence-electron chi connectivity index (χ4n) is 1.40. The van der Waals surface area contributed by atoms with Crippen LogP contribution in [0.15, 0.2) is 4.42 Å². The first-order chi connectivity index (χ1) is 7.84. The van der Waals surface area contributed by atoms with Crippen LogP contribution in [0, 0.1) is 12.3 Å². The number of hydrogen-bond acceptors (Lipinski definition) is 3. The molecule has 1 heterocycles. The SMILES string of the molecule is CCCc1nc(C)c(CNC(=O)C(C)(C)C)o1. The van der Waals surface area contributed by atoms with Crippen LogP contribution in [0.2, 0.25) is 0 Å². The number of aromatic nitrogens is 1. The van der Waals surface area contributed by atoms with Crippen LogP contribution in [0.4, 0.5) is 0 Å². The smallest absolute Gasteiger partial charge is 0.225 e. The quantitative estimate of drug-likeness (QED) is 0.877. The van der Waals surface area contributed by atoms with Gasteiger partial charge in [0, 0.05) is 11.8 Å². The lowest BCUT2D eigenvalue weighted by Gasteiger charge is -2.16. The highest BCUT2D eigenvalue weighted by Crippen LogP contribution is 2.15. The first-order valence-corrected chi connectivity index (χ1v) is 6.08. The molecule has 17 heavy (non-hydrogen) atoms. The van der Waals surface area contributed by atoms with E-state index in [9.17, 15) is 4.79 Å². The van der Waals surface area contributed by atoms with E-state index in [1.807, 2.05) is 27.7 Å². The summed E-state index contributed by atoms with van der Waals surface area (Å²) in [4.78, 5) is 16.0. The maximum absolute atomic E-state index is 11.7. The average Bonchev–Trinajstić information content (AvgIpc) is 2.54. The predicted octanol–water partition coefficient (Wildman–Crippen LogP) is 2.60. The maximum Gasteiger partial charge on any atom is 0.225 e. The fourth-order valence-corrected chi connectivity index (χ4v) is 1.40. The van der Waals surface area contributed by atoms with Gasteiger partial charge in [-0.05, 0) is 13.3 Å². The molecule has 0 saturated carbocycles. The molecule has 1 N–H and O–H groups in total. The first kappa shape index (κ1) is 13.7. The molecule has 0 aliphatic rings. The average molecular weight is 238 g/mol. The van der Waals surface area contributed by atoms with Crippen molar-refractivity contribution in [3.05, 3.63) is 17.3 Å². The molecule has 0 aliphatic carbocycles. The Labute approximate surface area is 103 Å². The fraction of sp³-hybridized carbons (Fsp3) is 0.692. The number of amides is 1.